The highest BCUT2D eigenvalue weighted by Gasteiger charge is 2.38. The maximum Gasteiger partial charge on any atom is 0.373 e. The second-order valence-corrected chi connectivity index (χ2v) is 6.05. The number of ether oxygens (including phenoxy) is 3. The van der Waals surface area contributed by atoms with Gasteiger partial charge in [0.15, 0.2) is 11.5 Å². The molecule has 0 bridgehead atoms. The molecular formula is C18H24O6. The number of ketones is 1. The molecule has 24 heavy (non-hydrogen) atoms. The summed E-state index contributed by atoms with van der Waals surface area (Å²) in [5.41, 5.74) is 1.08. The minimum Gasteiger partial charge on any atom is -0.502 e. The fourth-order valence-electron chi connectivity index (χ4n) is 3.00. The van der Waals surface area contributed by atoms with E-state index in [9.17, 15) is 14.7 Å². The Labute approximate surface area is 141 Å². The largest absolute Gasteiger partial charge is 0.502 e. The van der Waals surface area contributed by atoms with Gasteiger partial charge in [-0.05, 0) is 39.7 Å². The van der Waals surface area contributed by atoms with Crippen molar-refractivity contribution < 1.29 is 28.9 Å². The van der Waals surface area contributed by atoms with E-state index in [-0.39, 0.29) is 24.1 Å². The molecule has 0 saturated heterocycles. The van der Waals surface area contributed by atoms with E-state index < -0.39 is 17.6 Å². The van der Waals surface area contributed by atoms with Crippen molar-refractivity contribution in [1.82, 2.24) is 0 Å². The van der Waals surface area contributed by atoms with Gasteiger partial charge in [-0.25, -0.2) is 4.79 Å². The van der Waals surface area contributed by atoms with E-state index in [4.69, 9.17) is 14.2 Å². The number of methoxy groups -OCH3 is 1. The van der Waals surface area contributed by atoms with Gasteiger partial charge in [0.25, 0.3) is 0 Å². The third kappa shape index (κ3) is 3.63. The van der Waals surface area contributed by atoms with Gasteiger partial charge in [-0.3, -0.25) is 4.79 Å². The molecule has 0 amide bonds. The summed E-state index contributed by atoms with van der Waals surface area (Å²) in [7, 11) is 1.57. The third-order valence-electron chi connectivity index (χ3n) is 4.06. The van der Waals surface area contributed by atoms with E-state index in [1.165, 1.54) is 0 Å². The van der Waals surface area contributed by atoms with Crippen LogP contribution in [0.1, 0.15) is 40.0 Å². The minimum atomic E-state index is -0.851. The maximum atomic E-state index is 12.8. The van der Waals surface area contributed by atoms with Crippen molar-refractivity contribution in [2.24, 2.45) is 5.92 Å². The second-order valence-electron chi connectivity index (χ2n) is 6.05. The quantitative estimate of drug-likeness (QED) is 0.472. The Balaban J connectivity index is 2.30. The number of esters is 1. The number of carbonyl (C=O) groups is 2. The Bertz CT molecular complexity index is 623. The summed E-state index contributed by atoms with van der Waals surface area (Å²) in [6, 6.07) is 0. The van der Waals surface area contributed by atoms with Crippen LogP contribution in [0, 0.1) is 5.92 Å². The van der Waals surface area contributed by atoms with Gasteiger partial charge >= 0.3 is 5.97 Å². The lowest BCUT2D eigenvalue weighted by molar-refractivity contribution is -0.142. The molecule has 0 heterocycles. The lowest BCUT2D eigenvalue weighted by Crippen LogP contribution is -2.30. The van der Waals surface area contributed by atoms with Gasteiger partial charge in [-0.15, -0.1) is 0 Å². The van der Waals surface area contributed by atoms with Crippen LogP contribution in [0.15, 0.2) is 34.5 Å². The first kappa shape index (κ1) is 18.1. The zero-order chi connectivity index (χ0) is 17.9. The second kappa shape index (κ2) is 7.55. The highest BCUT2D eigenvalue weighted by molar-refractivity contribution is 6.05. The summed E-state index contributed by atoms with van der Waals surface area (Å²) in [5, 5.41) is 10.0. The molecule has 1 unspecified atom stereocenters. The molecule has 2 rings (SSSR count). The molecule has 2 aliphatic carbocycles. The Morgan fingerprint density at radius 3 is 2.67 bits per heavy atom. The van der Waals surface area contributed by atoms with Crippen LogP contribution in [-0.4, -0.2) is 36.7 Å². The standard InChI is InChI=1S/C18H24O6/c1-5-23-18(21)17(20)12-7-6-11-8-14(22-4)15(24-10(2)3)9-13(11)16(12)19/h8,10,13,20H,5-7,9H2,1-4H3/b17-12-. The zero-order valence-corrected chi connectivity index (χ0v) is 14.5. The average molecular weight is 336 g/mol. The van der Waals surface area contributed by atoms with Crippen molar-refractivity contribution in [2.75, 3.05) is 13.7 Å². The molecule has 132 valence electrons. The Morgan fingerprint density at radius 2 is 2.08 bits per heavy atom. The van der Waals surface area contributed by atoms with E-state index in [2.05, 4.69) is 0 Å². The molecule has 0 aromatic heterocycles. The summed E-state index contributed by atoms with van der Waals surface area (Å²) in [4.78, 5) is 24.5. The Morgan fingerprint density at radius 1 is 1.38 bits per heavy atom. The topological polar surface area (TPSA) is 82.1 Å². The molecule has 0 aliphatic heterocycles. The van der Waals surface area contributed by atoms with Crippen LogP contribution >= 0.6 is 0 Å². The molecule has 1 saturated carbocycles. The Kier molecular flexibility index (Phi) is 5.70. The molecule has 0 aromatic carbocycles. The van der Waals surface area contributed by atoms with Gasteiger partial charge in [0.2, 0.25) is 5.76 Å². The normalized spacial score (nSPS) is 22.8. The molecule has 1 atom stereocenters. The number of aliphatic hydroxyl groups is 1. The summed E-state index contributed by atoms with van der Waals surface area (Å²) >= 11 is 0. The lowest BCUT2D eigenvalue weighted by atomic mass is 9.75. The first-order chi connectivity index (χ1) is 11.4. The zero-order valence-electron chi connectivity index (χ0n) is 14.5. The van der Waals surface area contributed by atoms with Crippen molar-refractivity contribution in [3.63, 3.8) is 0 Å². The number of aliphatic hydroxyl groups excluding tert-OH is 1. The number of rotatable bonds is 5. The van der Waals surface area contributed by atoms with Crippen LogP contribution in [0.25, 0.3) is 0 Å². The fraction of sp³-hybridized carbons (Fsp3) is 0.556. The molecule has 1 N–H and O–H groups in total. The molecule has 0 aromatic rings. The van der Waals surface area contributed by atoms with Gasteiger partial charge < -0.3 is 19.3 Å². The van der Waals surface area contributed by atoms with Gasteiger partial charge in [-0.1, -0.05) is 5.57 Å². The average Bonchev–Trinajstić information content (AvgIpc) is 2.54. The number of hydrogen-bond donors (Lipinski definition) is 1. The SMILES string of the molecule is CCOC(=O)/C(O)=C1\CCC2=CC(OC)=C(OC(C)C)CC2C1=O. The summed E-state index contributed by atoms with van der Waals surface area (Å²) in [5.74, 6) is -0.864. The molecule has 0 radical (unpaired) electrons. The predicted molar refractivity (Wildman–Crippen MR) is 87.0 cm³/mol. The van der Waals surface area contributed by atoms with E-state index >= 15 is 0 Å². The third-order valence-corrected chi connectivity index (χ3v) is 4.06. The maximum absolute atomic E-state index is 12.8. The predicted octanol–water partition coefficient (Wildman–Crippen LogP) is 2.95. The molecule has 6 heteroatoms. The molecular weight excluding hydrogens is 312 g/mol. The van der Waals surface area contributed by atoms with Gasteiger partial charge in [-0.2, -0.15) is 0 Å². The van der Waals surface area contributed by atoms with Crippen LogP contribution in [0.2, 0.25) is 0 Å². The van der Waals surface area contributed by atoms with Crippen molar-refractivity contribution in [3.8, 4) is 0 Å². The number of Topliss-reactive ketones (excluding diaryl/α,β-unsaturated/α-hetero) is 1. The van der Waals surface area contributed by atoms with Crippen molar-refractivity contribution in [1.29, 1.82) is 0 Å². The molecule has 1 fully saturated rings. The molecule has 6 nitrogen and oxygen atoms in total. The first-order valence-electron chi connectivity index (χ1n) is 8.16. The monoisotopic (exact) mass is 336 g/mol. The molecule has 2 aliphatic rings. The highest BCUT2D eigenvalue weighted by atomic mass is 16.5. The number of hydrogen-bond acceptors (Lipinski definition) is 6. The summed E-state index contributed by atoms with van der Waals surface area (Å²) in [6.07, 6.45) is 3.05. The highest BCUT2D eigenvalue weighted by Crippen LogP contribution is 2.40. The van der Waals surface area contributed by atoms with Gasteiger partial charge in [0.1, 0.15) is 5.76 Å². The number of carbonyl (C=O) groups excluding carboxylic acids is 2. The Hall–Kier alpha value is -2.24. The molecule has 0 spiro atoms. The van der Waals surface area contributed by atoms with E-state index in [0.29, 0.717) is 30.8 Å². The smallest absolute Gasteiger partial charge is 0.373 e. The van der Waals surface area contributed by atoms with Crippen molar-refractivity contribution >= 4 is 11.8 Å². The van der Waals surface area contributed by atoms with Crippen LogP contribution in [0.3, 0.4) is 0 Å². The van der Waals surface area contributed by atoms with Crippen LogP contribution in [-0.2, 0) is 23.8 Å². The van der Waals surface area contributed by atoms with Crippen LogP contribution < -0.4 is 0 Å². The van der Waals surface area contributed by atoms with Gasteiger partial charge in [0, 0.05) is 12.0 Å². The van der Waals surface area contributed by atoms with Gasteiger partial charge in [0.05, 0.1) is 25.7 Å². The van der Waals surface area contributed by atoms with E-state index in [0.717, 1.165) is 5.57 Å². The summed E-state index contributed by atoms with van der Waals surface area (Å²) in [6.45, 7) is 5.60. The van der Waals surface area contributed by atoms with E-state index in [1.54, 1.807) is 14.0 Å². The minimum absolute atomic E-state index is 0.0401. The summed E-state index contributed by atoms with van der Waals surface area (Å²) < 4.78 is 15.9. The number of allylic oxidation sites excluding steroid dienone is 4. The van der Waals surface area contributed by atoms with Crippen LogP contribution in [0.4, 0.5) is 0 Å². The number of fused-ring (bicyclic) bond motifs is 1. The first-order valence-corrected chi connectivity index (χ1v) is 8.16. The lowest BCUT2D eigenvalue weighted by Gasteiger charge is -2.31. The fourth-order valence-corrected chi connectivity index (χ4v) is 3.00. The van der Waals surface area contributed by atoms with Crippen LogP contribution in [0.5, 0.6) is 0 Å². The van der Waals surface area contributed by atoms with Crippen molar-refractivity contribution in [2.45, 2.75) is 46.1 Å². The van der Waals surface area contributed by atoms with Crippen molar-refractivity contribution in [3.05, 3.63) is 34.5 Å². The van der Waals surface area contributed by atoms with E-state index in [1.807, 2.05) is 19.9 Å².